The van der Waals surface area contributed by atoms with Crippen LogP contribution in [0.1, 0.15) is 5.56 Å². The van der Waals surface area contributed by atoms with E-state index in [1.54, 1.807) is 0 Å². The number of fused-ring (bicyclic) bond motifs is 1. The van der Waals surface area contributed by atoms with Crippen molar-refractivity contribution in [2.75, 3.05) is 0 Å². The number of hydrogen-bond acceptors (Lipinski definition) is 1. The average molecular weight is 257 g/mol. The molecule has 0 aliphatic rings. The smallest absolute Gasteiger partial charge is 0.0998 e. The molecule has 0 spiro atoms. The molecule has 0 saturated heterocycles. The summed E-state index contributed by atoms with van der Waals surface area (Å²) in [6.45, 7) is 7.47. The molecule has 3 rings (SSSR count). The Morgan fingerprint density at radius 1 is 0.700 bits per heavy atom. The Morgan fingerprint density at radius 2 is 1.25 bits per heavy atom. The van der Waals surface area contributed by atoms with Crippen LogP contribution < -0.4 is 10.4 Å². The monoisotopic (exact) mass is 257 g/mol. The Bertz CT molecular complexity index is 799. The van der Waals surface area contributed by atoms with Crippen LogP contribution in [0.4, 0.5) is 0 Å². The lowest BCUT2D eigenvalue weighted by atomic mass is 10.1. The van der Waals surface area contributed by atoms with E-state index in [4.69, 9.17) is 5.26 Å². The second kappa shape index (κ2) is 6.36. The van der Waals surface area contributed by atoms with Gasteiger partial charge in [0.1, 0.15) is 0 Å². The van der Waals surface area contributed by atoms with Crippen molar-refractivity contribution >= 4 is 23.9 Å². The molecule has 0 radical (unpaired) electrons. The van der Waals surface area contributed by atoms with Crippen LogP contribution in [0.5, 0.6) is 0 Å². The Hall–Kier alpha value is -2.85. The van der Waals surface area contributed by atoms with E-state index in [-0.39, 0.29) is 0 Å². The van der Waals surface area contributed by atoms with Crippen molar-refractivity contribution in [1.29, 1.82) is 5.26 Å². The average Bonchev–Trinajstić information content (AvgIpc) is 2.50. The SMILES string of the molecule is C=c1ccc(=C)cc1.N#Cc1cccc2ccccc12. The molecule has 0 amide bonds. The first kappa shape index (κ1) is 13.6. The van der Waals surface area contributed by atoms with Crippen LogP contribution in [0.15, 0.2) is 66.7 Å². The van der Waals surface area contributed by atoms with Crippen molar-refractivity contribution in [1.82, 2.24) is 0 Å². The molecule has 1 heteroatoms. The van der Waals surface area contributed by atoms with Crippen molar-refractivity contribution in [2.45, 2.75) is 0 Å². The van der Waals surface area contributed by atoms with E-state index in [9.17, 15) is 0 Å². The molecule has 0 aliphatic heterocycles. The molecule has 3 aromatic rings. The van der Waals surface area contributed by atoms with Crippen molar-refractivity contribution in [3.05, 3.63) is 82.7 Å². The van der Waals surface area contributed by atoms with Gasteiger partial charge in [0, 0.05) is 0 Å². The van der Waals surface area contributed by atoms with Crippen LogP contribution in [-0.2, 0) is 0 Å². The zero-order chi connectivity index (χ0) is 14.4. The summed E-state index contributed by atoms with van der Waals surface area (Å²) < 4.78 is 0. The second-order valence-electron chi connectivity index (χ2n) is 4.46. The summed E-state index contributed by atoms with van der Waals surface area (Å²) in [5.74, 6) is 0. The first-order valence-electron chi connectivity index (χ1n) is 6.32. The minimum absolute atomic E-state index is 0.744. The van der Waals surface area contributed by atoms with E-state index in [2.05, 4.69) is 19.2 Å². The minimum atomic E-state index is 0.744. The number of benzene rings is 3. The molecule has 0 N–H and O–H groups in total. The van der Waals surface area contributed by atoms with Crippen LogP contribution in [0, 0.1) is 11.3 Å². The van der Waals surface area contributed by atoms with Crippen LogP contribution in [-0.4, -0.2) is 0 Å². The second-order valence-corrected chi connectivity index (χ2v) is 4.46. The third kappa shape index (κ3) is 3.34. The first-order valence-corrected chi connectivity index (χ1v) is 6.32. The highest BCUT2D eigenvalue weighted by atomic mass is 14.2. The van der Waals surface area contributed by atoms with Gasteiger partial charge in [-0.15, -0.1) is 0 Å². The quantitative estimate of drug-likeness (QED) is 0.606. The lowest BCUT2D eigenvalue weighted by molar-refractivity contribution is 1.50. The molecular weight excluding hydrogens is 242 g/mol. The van der Waals surface area contributed by atoms with Crippen molar-refractivity contribution in [2.24, 2.45) is 0 Å². The normalized spacial score (nSPS) is 9.35. The van der Waals surface area contributed by atoms with E-state index in [0.717, 1.165) is 26.8 Å². The number of nitriles is 1. The molecule has 0 heterocycles. The summed E-state index contributed by atoms with van der Waals surface area (Å²) in [5.41, 5.74) is 0.744. The standard InChI is InChI=1S/C11H7N.C8H8/c12-8-10-6-3-5-9-4-1-2-7-11(9)10;1-7-3-5-8(2)6-4-7/h1-7H;3-6H,1-2H2. The Kier molecular flexibility index (Phi) is 4.32. The largest absolute Gasteiger partial charge is 0.192 e. The lowest BCUT2D eigenvalue weighted by Gasteiger charge is -1.97. The fraction of sp³-hybridized carbons (Fsp3) is 0. The van der Waals surface area contributed by atoms with E-state index in [1.165, 1.54) is 0 Å². The molecule has 0 saturated carbocycles. The fourth-order valence-corrected chi connectivity index (χ4v) is 1.86. The van der Waals surface area contributed by atoms with Gasteiger partial charge in [-0.3, -0.25) is 0 Å². The molecule has 0 fully saturated rings. The van der Waals surface area contributed by atoms with Gasteiger partial charge in [-0.2, -0.15) is 5.26 Å². The summed E-state index contributed by atoms with van der Waals surface area (Å²) in [5, 5.41) is 13.0. The molecule has 0 unspecified atom stereocenters. The lowest BCUT2D eigenvalue weighted by Crippen LogP contribution is -2.02. The van der Waals surface area contributed by atoms with E-state index in [0.29, 0.717) is 0 Å². The van der Waals surface area contributed by atoms with Gasteiger partial charge < -0.3 is 0 Å². The maximum atomic E-state index is 8.79. The molecule has 0 bridgehead atoms. The third-order valence-corrected chi connectivity index (χ3v) is 2.93. The van der Waals surface area contributed by atoms with E-state index in [1.807, 2.05) is 66.7 Å². The molecule has 0 aromatic heterocycles. The summed E-state index contributed by atoms with van der Waals surface area (Å²) in [6.07, 6.45) is 0. The third-order valence-electron chi connectivity index (χ3n) is 2.93. The molecule has 1 nitrogen and oxygen atoms in total. The van der Waals surface area contributed by atoms with Crippen LogP contribution in [0.2, 0.25) is 0 Å². The highest BCUT2D eigenvalue weighted by Gasteiger charge is 1.96. The Balaban J connectivity index is 0.000000160. The summed E-state index contributed by atoms with van der Waals surface area (Å²) in [7, 11) is 0. The van der Waals surface area contributed by atoms with Crippen LogP contribution in [0.25, 0.3) is 23.9 Å². The van der Waals surface area contributed by atoms with Gasteiger partial charge in [0.05, 0.1) is 11.6 Å². The van der Waals surface area contributed by atoms with Gasteiger partial charge in [-0.1, -0.05) is 73.8 Å². The Morgan fingerprint density at radius 3 is 1.85 bits per heavy atom. The Labute approximate surface area is 118 Å². The highest BCUT2D eigenvalue weighted by Crippen LogP contribution is 2.16. The summed E-state index contributed by atoms with van der Waals surface area (Å²) in [4.78, 5) is 0. The highest BCUT2D eigenvalue weighted by molar-refractivity contribution is 5.87. The predicted octanol–water partition coefficient (Wildman–Crippen LogP) is 3.22. The van der Waals surface area contributed by atoms with Gasteiger partial charge in [-0.25, -0.2) is 0 Å². The van der Waals surface area contributed by atoms with Gasteiger partial charge in [0.25, 0.3) is 0 Å². The fourth-order valence-electron chi connectivity index (χ4n) is 1.86. The van der Waals surface area contributed by atoms with Gasteiger partial charge in [0.15, 0.2) is 0 Å². The summed E-state index contributed by atoms with van der Waals surface area (Å²) >= 11 is 0. The number of nitrogens with zero attached hydrogens (tertiary/aromatic N) is 1. The predicted molar refractivity (Wildman–Crippen MR) is 85.4 cm³/mol. The number of hydrogen-bond donors (Lipinski definition) is 0. The van der Waals surface area contributed by atoms with Gasteiger partial charge in [-0.05, 0) is 27.3 Å². The first-order chi connectivity index (χ1) is 9.70. The maximum absolute atomic E-state index is 8.79. The zero-order valence-corrected chi connectivity index (χ0v) is 11.2. The van der Waals surface area contributed by atoms with Gasteiger partial charge >= 0.3 is 0 Å². The zero-order valence-electron chi connectivity index (χ0n) is 11.2. The van der Waals surface area contributed by atoms with Crippen molar-refractivity contribution < 1.29 is 0 Å². The number of rotatable bonds is 0. The van der Waals surface area contributed by atoms with Crippen LogP contribution >= 0.6 is 0 Å². The minimum Gasteiger partial charge on any atom is -0.192 e. The molecule has 0 aliphatic carbocycles. The van der Waals surface area contributed by atoms with E-state index >= 15 is 0 Å². The topological polar surface area (TPSA) is 23.8 Å². The summed E-state index contributed by atoms with van der Waals surface area (Å²) in [6, 6.07) is 23.6. The molecule has 96 valence electrons. The maximum Gasteiger partial charge on any atom is 0.0998 e. The molecule has 0 atom stereocenters. The van der Waals surface area contributed by atoms with Crippen molar-refractivity contribution in [3.63, 3.8) is 0 Å². The van der Waals surface area contributed by atoms with Crippen molar-refractivity contribution in [3.8, 4) is 6.07 Å². The molecule has 20 heavy (non-hydrogen) atoms. The molecule has 3 aromatic carbocycles. The van der Waals surface area contributed by atoms with E-state index < -0.39 is 0 Å². The molecular formula is C19H15N. The van der Waals surface area contributed by atoms with Gasteiger partial charge in [0.2, 0.25) is 0 Å². The van der Waals surface area contributed by atoms with Crippen LogP contribution in [0.3, 0.4) is 0 Å².